The van der Waals surface area contributed by atoms with Gasteiger partial charge in [-0.05, 0) is 17.7 Å². The summed E-state index contributed by atoms with van der Waals surface area (Å²) >= 11 is 0. The Balaban J connectivity index is 1.97. The van der Waals surface area contributed by atoms with Crippen molar-refractivity contribution in [1.29, 1.82) is 0 Å². The zero-order chi connectivity index (χ0) is 13.2. The minimum Gasteiger partial charge on any atom is -0.478 e. The highest BCUT2D eigenvalue weighted by Crippen LogP contribution is 2.34. The molecule has 3 rings (SSSR count). The maximum absolute atomic E-state index is 11.2. The number of aromatic carboxylic acids is 1. The molecule has 1 heterocycles. The van der Waals surface area contributed by atoms with E-state index in [0.717, 1.165) is 17.8 Å². The summed E-state index contributed by atoms with van der Waals surface area (Å²) < 4.78 is 0. The number of carbonyl (C=O) groups is 1. The molecule has 0 bridgehead atoms. The van der Waals surface area contributed by atoms with Gasteiger partial charge in [-0.2, -0.15) is 0 Å². The molecular formula is C15H14N2O2. The summed E-state index contributed by atoms with van der Waals surface area (Å²) in [6.07, 6.45) is 0. The second-order valence-corrected chi connectivity index (χ2v) is 4.52. The number of fused-ring (bicyclic) bond motifs is 1. The molecule has 0 radical (unpaired) electrons. The van der Waals surface area contributed by atoms with E-state index in [0.29, 0.717) is 11.3 Å². The fourth-order valence-corrected chi connectivity index (χ4v) is 2.36. The maximum Gasteiger partial charge on any atom is 0.337 e. The Morgan fingerprint density at radius 2 is 1.89 bits per heavy atom. The van der Waals surface area contributed by atoms with Gasteiger partial charge in [-0.15, -0.1) is 0 Å². The quantitative estimate of drug-likeness (QED) is 0.771. The highest BCUT2D eigenvalue weighted by atomic mass is 16.4. The maximum atomic E-state index is 11.2. The minimum atomic E-state index is -0.917. The monoisotopic (exact) mass is 254 g/mol. The Bertz CT molecular complexity index is 611. The number of hydrogen-bond acceptors (Lipinski definition) is 3. The molecule has 3 N–H and O–H groups in total. The lowest BCUT2D eigenvalue weighted by molar-refractivity contribution is 0.0698. The number of para-hydroxylation sites is 1. The molecule has 0 fully saturated rings. The summed E-state index contributed by atoms with van der Waals surface area (Å²) in [5.74, 6) is -0.917. The molecule has 1 aliphatic rings. The highest BCUT2D eigenvalue weighted by molar-refractivity contribution is 5.98. The zero-order valence-electron chi connectivity index (χ0n) is 10.3. The van der Waals surface area contributed by atoms with Gasteiger partial charge in [-0.1, -0.05) is 36.4 Å². The molecule has 0 spiro atoms. The molecule has 1 aliphatic heterocycles. The van der Waals surface area contributed by atoms with E-state index in [4.69, 9.17) is 0 Å². The van der Waals surface area contributed by atoms with Crippen LogP contribution in [0.25, 0.3) is 0 Å². The largest absolute Gasteiger partial charge is 0.478 e. The van der Waals surface area contributed by atoms with E-state index in [2.05, 4.69) is 10.6 Å². The lowest BCUT2D eigenvalue weighted by atomic mass is 10.0. The number of nitrogens with one attached hydrogen (secondary N) is 2. The van der Waals surface area contributed by atoms with Gasteiger partial charge in [-0.3, -0.25) is 0 Å². The van der Waals surface area contributed by atoms with E-state index < -0.39 is 5.97 Å². The molecule has 0 aliphatic carbocycles. The number of rotatable bonds is 2. The molecule has 0 unspecified atom stereocenters. The smallest absolute Gasteiger partial charge is 0.337 e. The SMILES string of the molecule is O=C(O)c1cccc2c1N[C@@H](c1ccccc1)CN2. The normalized spacial score (nSPS) is 16.9. The standard InChI is InChI=1S/C15H14N2O2/c18-15(19)11-7-4-8-12-14(11)17-13(9-16-12)10-5-2-1-3-6-10/h1-8,13,16-17H,9H2,(H,18,19)/t13-/m1/s1. The summed E-state index contributed by atoms with van der Waals surface area (Å²) in [6, 6.07) is 15.3. The van der Waals surface area contributed by atoms with Gasteiger partial charge in [0.2, 0.25) is 0 Å². The molecular weight excluding hydrogens is 240 g/mol. The second-order valence-electron chi connectivity index (χ2n) is 4.52. The summed E-state index contributed by atoms with van der Waals surface area (Å²) in [5, 5.41) is 15.8. The van der Waals surface area contributed by atoms with Crippen molar-refractivity contribution in [3.05, 3.63) is 59.7 Å². The molecule has 2 aromatic rings. The number of anilines is 2. The van der Waals surface area contributed by atoms with Crippen LogP contribution >= 0.6 is 0 Å². The van der Waals surface area contributed by atoms with Crippen LogP contribution in [0.5, 0.6) is 0 Å². The van der Waals surface area contributed by atoms with Crippen LogP contribution in [0.3, 0.4) is 0 Å². The predicted octanol–water partition coefficient (Wildman–Crippen LogP) is 2.96. The van der Waals surface area contributed by atoms with Crippen LogP contribution in [0.4, 0.5) is 11.4 Å². The lowest BCUT2D eigenvalue weighted by Crippen LogP contribution is -2.27. The van der Waals surface area contributed by atoms with Gasteiger partial charge in [0.15, 0.2) is 0 Å². The molecule has 4 heteroatoms. The van der Waals surface area contributed by atoms with Gasteiger partial charge >= 0.3 is 5.97 Å². The first kappa shape index (κ1) is 11.6. The number of carboxylic acid groups (broad SMARTS) is 1. The number of benzene rings is 2. The van der Waals surface area contributed by atoms with Crippen LogP contribution in [0, 0.1) is 0 Å². The van der Waals surface area contributed by atoms with Crippen molar-refractivity contribution in [2.75, 3.05) is 17.2 Å². The van der Waals surface area contributed by atoms with E-state index in [9.17, 15) is 9.90 Å². The molecule has 0 aromatic heterocycles. The first-order chi connectivity index (χ1) is 9.25. The second kappa shape index (κ2) is 4.65. The molecule has 0 saturated heterocycles. The van der Waals surface area contributed by atoms with Crippen molar-refractivity contribution in [2.24, 2.45) is 0 Å². The van der Waals surface area contributed by atoms with Crippen molar-refractivity contribution in [2.45, 2.75) is 6.04 Å². The van der Waals surface area contributed by atoms with Gasteiger partial charge in [-0.25, -0.2) is 4.79 Å². The third-order valence-electron chi connectivity index (χ3n) is 3.31. The minimum absolute atomic E-state index is 0.0780. The molecule has 0 amide bonds. The third-order valence-corrected chi connectivity index (χ3v) is 3.31. The Kier molecular flexibility index (Phi) is 2.83. The van der Waals surface area contributed by atoms with Crippen molar-refractivity contribution < 1.29 is 9.90 Å². The van der Waals surface area contributed by atoms with Crippen molar-refractivity contribution in [3.8, 4) is 0 Å². The van der Waals surface area contributed by atoms with Crippen LogP contribution in [0.1, 0.15) is 22.0 Å². The van der Waals surface area contributed by atoms with Crippen LogP contribution in [-0.2, 0) is 0 Å². The van der Waals surface area contributed by atoms with E-state index in [1.807, 2.05) is 36.4 Å². The van der Waals surface area contributed by atoms with E-state index >= 15 is 0 Å². The first-order valence-corrected chi connectivity index (χ1v) is 6.17. The molecule has 96 valence electrons. The molecule has 19 heavy (non-hydrogen) atoms. The van der Waals surface area contributed by atoms with Crippen LogP contribution < -0.4 is 10.6 Å². The lowest BCUT2D eigenvalue weighted by Gasteiger charge is -2.29. The Morgan fingerprint density at radius 3 is 2.63 bits per heavy atom. The van der Waals surface area contributed by atoms with E-state index in [1.54, 1.807) is 12.1 Å². The Morgan fingerprint density at radius 1 is 1.11 bits per heavy atom. The Hall–Kier alpha value is -2.49. The summed E-state index contributed by atoms with van der Waals surface area (Å²) in [4.78, 5) is 11.2. The molecule has 2 aromatic carbocycles. The van der Waals surface area contributed by atoms with E-state index in [-0.39, 0.29) is 6.04 Å². The van der Waals surface area contributed by atoms with Crippen molar-refractivity contribution in [1.82, 2.24) is 0 Å². The summed E-state index contributed by atoms with van der Waals surface area (Å²) in [6.45, 7) is 0.736. The molecule has 4 nitrogen and oxygen atoms in total. The number of hydrogen-bond donors (Lipinski definition) is 3. The van der Waals surface area contributed by atoms with Gasteiger partial charge < -0.3 is 15.7 Å². The fourth-order valence-electron chi connectivity index (χ4n) is 2.36. The van der Waals surface area contributed by atoms with E-state index in [1.165, 1.54) is 0 Å². The number of carboxylic acids is 1. The van der Waals surface area contributed by atoms with Crippen LogP contribution in [-0.4, -0.2) is 17.6 Å². The zero-order valence-corrected chi connectivity index (χ0v) is 10.3. The summed E-state index contributed by atoms with van der Waals surface area (Å²) in [5.41, 5.74) is 2.94. The third kappa shape index (κ3) is 2.12. The van der Waals surface area contributed by atoms with Gasteiger partial charge in [0.05, 0.1) is 23.0 Å². The van der Waals surface area contributed by atoms with Crippen molar-refractivity contribution >= 4 is 17.3 Å². The van der Waals surface area contributed by atoms with Gasteiger partial charge in [0.25, 0.3) is 0 Å². The molecule has 1 atom stereocenters. The predicted molar refractivity (Wildman–Crippen MR) is 74.7 cm³/mol. The average Bonchev–Trinajstić information content (AvgIpc) is 2.47. The highest BCUT2D eigenvalue weighted by Gasteiger charge is 2.22. The topological polar surface area (TPSA) is 61.4 Å². The summed E-state index contributed by atoms with van der Waals surface area (Å²) in [7, 11) is 0. The van der Waals surface area contributed by atoms with Gasteiger partial charge in [0.1, 0.15) is 0 Å². The average molecular weight is 254 g/mol. The Labute approximate surface area is 111 Å². The van der Waals surface area contributed by atoms with Gasteiger partial charge in [0, 0.05) is 6.54 Å². The first-order valence-electron chi connectivity index (χ1n) is 6.17. The fraction of sp³-hybridized carbons (Fsp3) is 0.133. The molecule has 0 saturated carbocycles. The van der Waals surface area contributed by atoms with Crippen LogP contribution in [0.2, 0.25) is 0 Å². The van der Waals surface area contributed by atoms with Crippen molar-refractivity contribution in [3.63, 3.8) is 0 Å². The van der Waals surface area contributed by atoms with Crippen LogP contribution in [0.15, 0.2) is 48.5 Å².